The Morgan fingerprint density at radius 3 is 2.03 bits per heavy atom. The molecular weight excluding hydrogens is 442 g/mol. The Hall–Kier alpha value is -3.43. The van der Waals surface area contributed by atoms with Crippen LogP contribution >= 0.6 is 23.2 Å². The molecule has 0 unspecified atom stereocenters. The van der Waals surface area contributed by atoms with E-state index >= 15 is 0 Å². The summed E-state index contributed by atoms with van der Waals surface area (Å²) in [6, 6.07) is 13.4. The normalized spacial score (nSPS) is 9.97. The molecule has 0 aromatic heterocycles. The summed E-state index contributed by atoms with van der Waals surface area (Å²) in [6.07, 6.45) is 0. The van der Waals surface area contributed by atoms with Crippen molar-refractivity contribution in [2.75, 3.05) is 0 Å². The van der Waals surface area contributed by atoms with Gasteiger partial charge in [-0.3, -0.25) is 20.2 Å². The third kappa shape index (κ3) is 6.57. The first-order valence-electron chi connectivity index (χ1n) is 8.11. The van der Waals surface area contributed by atoms with Crippen molar-refractivity contribution >= 4 is 34.6 Å². The van der Waals surface area contributed by atoms with E-state index in [2.05, 4.69) is 0 Å². The van der Waals surface area contributed by atoms with Crippen LogP contribution in [0.5, 0.6) is 11.5 Å². The van der Waals surface area contributed by atoms with Gasteiger partial charge < -0.3 is 9.84 Å². The van der Waals surface area contributed by atoms with Crippen molar-refractivity contribution in [3.8, 4) is 11.5 Å². The lowest BCUT2D eigenvalue weighted by atomic mass is 10.2. The van der Waals surface area contributed by atoms with Crippen molar-refractivity contribution in [2.45, 2.75) is 6.61 Å². The van der Waals surface area contributed by atoms with Crippen LogP contribution in [0.25, 0.3) is 0 Å². The van der Waals surface area contributed by atoms with Crippen LogP contribution in [0.3, 0.4) is 0 Å². The molecule has 8 nitrogen and oxygen atoms in total. The Morgan fingerprint density at radius 2 is 1.50 bits per heavy atom. The van der Waals surface area contributed by atoms with Gasteiger partial charge in [-0.1, -0.05) is 35.3 Å². The number of ether oxygens (including phenoxy) is 1. The topological polar surface area (TPSA) is 116 Å². The first kappa shape index (κ1) is 22.9. The van der Waals surface area contributed by atoms with Crippen LogP contribution in [0.15, 0.2) is 60.7 Å². The SMILES string of the molecule is O=[N+]([O-])c1ccc(O)c(Cl)c1.O=[N+]([O-])c1ccc(OCc2cccc(F)c2)c(Cl)c1. The largest absolute Gasteiger partial charge is 0.506 e. The highest BCUT2D eigenvalue weighted by Crippen LogP contribution is 2.29. The number of hydrogen-bond donors (Lipinski definition) is 1. The summed E-state index contributed by atoms with van der Waals surface area (Å²) in [5.41, 5.74) is 0.408. The van der Waals surface area contributed by atoms with Gasteiger partial charge in [0.15, 0.2) is 0 Å². The Balaban J connectivity index is 0.000000248. The van der Waals surface area contributed by atoms with Gasteiger partial charge in [0.1, 0.15) is 23.9 Å². The van der Waals surface area contributed by atoms with E-state index in [1.807, 2.05) is 0 Å². The van der Waals surface area contributed by atoms with E-state index in [1.165, 1.54) is 42.5 Å². The zero-order valence-electron chi connectivity index (χ0n) is 15.0. The van der Waals surface area contributed by atoms with E-state index in [4.69, 9.17) is 33.0 Å². The van der Waals surface area contributed by atoms with Gasteiger partial charge in [-0.2, -0.15) is 0 Å². The maximum Gasteiger partial charge on any atom is 0.271 e. The lowest BCUT2D eigenvalue weighted by Gasteiger charge is -2.07. The van der Waals surface area contributed by atoms with E-state index in [0.717, 1.165) is 6.07 Å². The van der Waals surface area contributed by atoms with Crippen molar-refractivity contribution in [1.82, 2.24) is 0 Å². The van der Waals surface area contributed by atoms with Crippen LogP contribution < -0.4 is 4.74 Å². The van der Waals surface area contributed by atoms with Crippen LogP contribution in [-0.2, 0) is 6.61 Å². The smallest absolute Gasteiger partial charge is 0.271 e. The Kier molecular flexibility index (Phi) is 7.90. The molecule has 1 N–H and O–H groups in total. The van der Waals surface area contributed by atoms with Crippen molar-refractivity contribution in [3.63, 3.8) is 0 Å². The summed E-state index contributed by atoms with van der Waals surface area (Å²) in [7, 11) is 0. The molecule has 3 aromatic rings. The molecule has 156 valence electrons. The number of rotatable bonds is 5. The molecule has 0 heterocycles. The Bertz CT molecular complexity index is 1080. The molecule has 11 heteroatoms. The number of nitro benzene ring substituents is 2. The summed E-state index contributed by atoms with van der Waals surface area (Å²) in [5, 5.41) is 29.7. The quantitative estimate of drug-likeness (QED) is 0.377. The molecule has 0 atom stereocenters. The number of phenolic OH excluding ortho intramolecular Hbond substituents is 1. The first-order valence-corrected chi connectivity index (χ1v) is 8.87. The summed E-state index contributed by atoms with van der Waals surface area (Å²) < 4.78 is 18.3. The summed E-state index contributed by atoms with van der Waals surface area (Å²) >= 11 is 11.3. The van der Waals surface area contributed by atoms with Gasteiger partial charge in [0.05, 0.1) is 19.9 Å². The molecule has 0 saturated heterocycles. The predicted octanol–water partition coefficient (Wildman–Crippen LogP) is 5.92. The molecule has 3 aromatic carbocycles. The zero-order valence-corrected chi connectivity index (χ0v) is 16.5. The molecule has 30 heavy (non-hydrogen) atoms. The highest BCUT2D eigenvalue weighted by molar-refractivity contribution is 6.32. The van der Waals surface area contributed by atoms with Crippen molar-refractivity contribution in [3.05, 3.63) is 102 Å². The highest BCUT2D eigenvalue weighted by Gasteiger charge is 2.10. The van der Waals surface area contributed by atoms with Crippen molar-refractivity contribution in [1.29, 1.82) is 0 Å². The van der Waals surface area contributed by atoms with Crippen LogP contribution in [0, 0.1) is 26.0 Å². The molecule has 0 fully saturated rings. The van der Waals surface area contributed by atoms with E-state index < -0.39 is 9.85 Å². The van der Waals surface area contributed by atoms with Gasteiger partial charge in [0.25, 0.3) is 11.4 Å². The Labute approximate surface area is 179 Å². The molecule has 0 saturated carbocycles. The lowest BCUT2D eigenvalue weighted by Crippen LogP contribution is -1.97. The van der Waals surface area contributed by atoms with E-state index in [0.29, 0.717) is 11.3 Å². The van der Waals surface area contributed by atoms with Crippen LogP contribution in [0.2, 0.25) is 10.0 Å². The minimum Gasteiger partial charge on any atom is -0.506 e. The van der Waals surface area contributed by atoms with Crippen molar-refractivity contribution < 1.29 is 24.1 Å². The highest BCUT2D eigenvalue weighted by atomic mass is 35.5. The summed E-state index contributed by atoms with van der Waals surface area (Å²) in [4.78, 5) is 19.6. The molecule has 3 rings (SSSR count). The van der Waals surface area contributed by atoms with Crippen LogP contribution in [0.4, 0.5) is 15.8 Å². The van der Waals surface area contributed by atoms with Crippen LogP contribution in [0.1, 0.15) is 5.56 Å². The van der Waals surface area contributed by atoms with Gasteiger partial charge >= 0.3 is 0 Å². The zero-order chi connectivity index (χ0) is 22.3. The van der Waals surface area contributed by atoms with Crippen molar-refractivity contribution in [2.24, 2.45) is 0 Å². The standard InChI is InChI=1S/C13H9ClFNO3.C6H4ClNO3/c14-12-7-11(16(17)18)4-5-13(12)19-8-9-2-1-3-10(15)6-9;7-5-3-4(8(10)11)1-2-6(5)9/h1-7H,8H2;1-3,9H. The number of aromatic hydroxyl groups is 1. The van der Waals surface area contributed by atoms with Gasteiger partial charge in [0, 0.05) is 24.3 Å². The average Bonchev–Trinajstić information content (AvgIpc) is 2.69. The molecular formula is C19H13Cl2FN2O6. The van der Waals surface area contributed by atoms with E-state index in [9.17, 15) is 24.6 Å². The third-order valence-electron chi connectivity index (χ3n) is 3.55. The minimum atomic E-state index is -0.578. The number of benzene rings is 3. The monoisotopic (exact) mass is 454 g/mol. The van der Waals surface area contributed by atoms with Gasteiger partial charge in [0.2, 0.25) is 0 Å². The minimum absolute atomic E-state index is 0.0146. The fourth-order valence-electron chi connectivity index (χ4n) is 2.12. The number of non-ortho nitro benzene ring substituents is 2. The lowest BCUT2D eigenvalue weighted by molar-refractivity contribution is -0.385. The average molecular weight is 455 g/mol. The number of nitrogens with zero attached hydrogens (tertiary/aromatic N) is 2. The maximum absolute atomic E-state index is 13.0. The number of hydrogen-bond acceptors (Lipinski definition) is 6. The molecule has 0 amide bonds. The third-order valence-corrected chi connectivity index (χ3v) is 4.15. The molecule has 0 aliphatic rings. The fourth-order valence-corrected chi connectivity index (χ4v) is 2.52. The number of halogens is 3. The Morgan fingerprint density at radius 1 is 0.900 bits per heavy atom. The molecule has 0 radical (unpaired) electrons. The summed E-state index contributed by atoms with van der Waals surface area (Å²) in [5.74, 6) is -0.190. The second kappa shape index (κ2) is 10.4. The second-order valence-electron chi connectivity index (χ2n) is 5.68. The van der Waals surface area contributed by atoms with E-state index in [1.54, 1.807) is 12.1 Å². The molecule has 0 aliphatic carbocycles. The molecule has 0 bridgehead atoms. The second-order valence-corrected chi connectivity index (χ2v) is 6.50. The molecule has 0 spiro atoms. The fraction of sp³-hybridized carbons (Fsp3) is 0.0526. The van der Waals surface area contributed by atoms with Crippen LogP contribution in [-0.4, -0.2) is 15.0 Å². The summed E-state index contributed by atoms with van der Waals surface area (Å²) in [6.45, 7) is 0.134. The van der Waals surface area contributed by atoms with E-state index in [-0.39, 0.29) is 39.6 Å². The van der Waals surface area contributed by atoms with Gasteiger partial charge in [-0.15, -0.1) is 0 Å². The number of phenols is 1. The number of nitro groups is 2. The maximum atomic E-state index is 13.0. The van der Waals surface area contributed by atoms with Gasteiger partial charge in [-0.25, -0.2) is 4.39 Å². The predicted molar refractivity (Wildman–Crippen MR) is 109 cm³/mol. The first-order chi connectivity index (χ1) is 14.2. The van der Waals surface area contributed by atoms with Gasteiger partial charge in [-0.05, 0) is 29.8 Å². The molecule has 0 aliphatic heterocycles.